The Morgan fingerprint density at radius 2 is 1.67 bits per heavy atom. The fourth-order valence-corrected chi connectivity index (χ4v) is 3.19. The Morgan fingerprint density at radius 3 is 2.00 bits per heavy atom. The van der Waals surface area contributed by atoms with Crippen molar-refractivity contribution in [1.82, 2.24) is 0 Å². The summed E-state index contributed by atoms with van der Waals surface area (Å²) in [5.74, 6) is 0.724. The Morgan fingerprint density at radius 1 is 1.19 bits per heavy atom. The van der Waals surface area contributed by atoms with Gasteiger partial charge in [0.15, 0.2) is 9.37 Å². The molecule has 21 heavy (non-hydrogen) atoms. The van der Waals surface area contributed by atoms with Gasteiger partial charge in [-0.3, -0.25) is 0 Å². The summed E-state index contributed by atoms with van der Waals surface area (Å²) in [4.78, 5) is 0. The zero-order chi connectivity index (χ0) is 16.9. The molecule has 0 radical (unpaired) electrons. The first-order valence-corrected chi connectivity index (χ1v) is 14.1. The SMILES string of the molecule is BrC(Br)(Br)Br.CC(C)(C)[Si](C)(C)OCC1CC=C(CBr)C1. The molecule has 0 bridgehead atoms. The summed E-state index contributed by atoms with van der Waals surface area (Å²) in [6.07, 6.45) is 4.80. The molecule has 1 rings (SSSR count). The van der Waals surface area contributed by atoms with Gasteiger partial charge in [0.1, 0.15) is 0 Å². The summed E-state index contributed by atoms with van der Waals surface area (Å²) < 4.78 is 6.01. The number of halogens is 5. The number of hydrogen-bond donors (Lipinski definition) is 0. The van der Waals surface area contributed by atoms with E-state index in [4.69, 9.17) is 4.43 Å². The molecule has 0 N–H and O–H groups in total. The second kappa shape index (κ2) is 9.71. The van der Waals surface area contributed by atoms with Crippen LogP contribution in [0.2, 0.25) is 18.1 Å². The molecule has 1 aliphatic rings. The van der Waals surface area contributed by atoms with E-state index in [1.807, 2.05) is 0 Å². The molecule has 1 aliphatic carbocycles. The van der Waals surface area contributed by atoms with Gasteiger partial charge in [-0.25, -0.2) is 0 Å². The minimum atomic E-state index is -1.54. The molecular weight excluding hydrogens is 612 g/mol. The minimum absolute atomic E-state index is 0.250. The van der Waals surface area contributed by atoms with E-state index < -0.39 is 8.32 Å². The van der Waals surface area contributed by atoms with Gasteiger partial charge in [-0.05, 0) is 101 Å². The molecule has 0 saturated carbocycles. The molecule has 0 heterocycles. The van der Waals surface area contributed by atoms with Crippen LogP contribution in [-0.2, 0) is 4.43 Å². The number of allylic oxidation sites excluding steroid dienone is 2. The summed E-state index contributed by atoms with van der Waals surface area (Å²) in [6.45, 7) is 12.5. The van der Waals surface area contributed by atoms with Crippen molar-refractivity contribution in [2.75, 3.05) is 11.9 Å². The number of hydrogen-bond acceptors (Lipinski definition) is 1. The van der Waals surface area contributed by atoms with Crippen molar-refractivity contribution < 1.29 is 4.43 Å². The maximum absolute atomic E-state index is 6.26. The Labute approximate surface area is 173 Å². The monoisotopic (exact) mass is 632 g/mol. The first-order chi connectivity index (χ1) is 9.26. The molecule has 0 aromatic heterocycles. The highest BCUT2D eigenvalue weighted by Crippen LogP contribution is 2.39. The molecule has 0 saturated heterocycles. The van der Waals surface area contributed by atoms with E-state index in [9.17, 15) is 0 Å². The molecule has 0 spiro atoms. The van der Waals surface area contributed by atoms with Gasteiger partial charge in [0.05, 0.1) is 0 Å². The summed E-state index contributed by atoms with van der Waals surface area (Å²) in [7, 11) is -1.54. The van der Waals surface area contributed by atoms with Crippen LogP contribution in [0.15, 0.2) is 11.6 Å². The van der Waals surface area contributed by atoms with Crippen molar-refractivity contribution in [3.05, 3.63) is 11.6 Å². The highest BCUT2D eigenvalue weighted by Gasteiger charge is 2.37. The molecule has 1 nitrogen and oxygen atoms in total. The Kier molecular flexibility index (Phi) is 10.8. The topological polar surface area (TPSA) is 9.23 Å². The standard InChI is InChI=1S/C13H25BrOSi.CBr4/c1-13(2,3)16(4,5)15-10-12-7-6-11(8-12)9-14;2-1(3,4)5/h6,12H,7-10H2,1-5H3;. The van der Waals surface area contributed by atoms with E-state index in [0.29, 0.717) is 5.04 Å². The van der Waals surface area contributed by atoms with Gasteiger partial charge in [0, 0.05) is 11.9 Å². The van der Waals surface area contributed by atoms with Gasteiger partial charge in [-0.15, -0.1) is 0 Å². The summed E-state index contributed by atoms with van der Waals surface area (Å²) in [5.41, 5.74) is 1.55. The van der Waals surface area contributed by atoms with Crippen LogP contribution in [0.25, 0.3) is 0 Å². The maximum Gasteiger partial charge on any atom is 0.191 e. The van der Waals surface area contributed by atoms with Crippen LogP contribution in [0.4, 0.5) is 0 Å². The summed E-state index contributed by atoms with van der Waals surface area (Å²) in [6, 6.07) is 0. The first-order valence-electron chi connectivity index (χ1n) is 6.89. The fraction of sp³-hybridized carbons (Fsp3) is 0.857. The quantitative estimate of drug-likeness (QED) is 0.173. The first kappa shape index (κ1) is 23.3. The molecule has 0 amide bonds. The maximum atomic E-state index is 6.26. The molecule has 0 aromatic rings. The van der Waals surface area contributed by atoms with Crippen molar-refractivity contribution in [2.45, 2.75) is 52.8 Å². The average Bonchev–Trinajstić information content (AvgIpc) is 2.70. The highest BCUT2D eigenvalue weighted by molar-refractivity contribution is 9.52. The van der Waals surface area contributed by atoms with Crippen molar-refractivity contribution in [3.8, 4) is 0 Å². The second-order valence-corrected chi connectivity index (χ2v) is 23.3. The summed E-state index contributed by atoms with van der Waals surface area (Å²) >= 11 is 16.0. The predicted molar refractivity (Wildman–Crippen MR) is 116 cm³/mol. The zero-order valence-electron chi connectivity index (χ0n) is 13.3. The highest BCUT2D eigenvalue weighted by atomic mass is 80.0. The third kappa shape index (κ3) is 11.5. The van der Waals surface area contributed by atoms with E-state index in [-0.39, 0.29) is 1.05 Å². The van der Waals surface area contributed by atoms with E-state index in [1.165, 1.54) is 12.8 Å². The van der Waals surface area contributed by atoms with Crippen LogP contribution in [-0.4, -0.2) is 21.3 Å². The molecule has 1 atom stereocenters. The van der Waals surface area contributed by atoms with Gasteiger partial charge in [0.25, 0.3) is 0 Å². The second-order valence-electron chi connectivity index (χ2n) is 6.80. The van der Waals surface area contributed by atoms with Crippen LogP contribution in [0.3, 0.4) is 0 Å². The van der Waals surface area contributed by atoms with E-state index in [0.717, 1.165) is 17.9 Å². The molecule has 1 unspecified atom stereocenters. The van der Waals surface area contributed by atoms with Crippen molar-refractivity contribution in [2.24, 2.45) is 5.92 Å². The largest absolute Gasteiger partial charge is 0.417 e. The molecule has 0 aromatic carbocycles. The van der Waals surface area contributed by atoms with Gasteiger partial charge in [0.2, 0.25) is 0 Å². The van der Waals surface area contributed by atoms with E-state index in [2.05, 4.69) is 120 Å². The van der Waals surface area contributed by atoms with Crippen LogP contribution in [0, 0.1) is 5.92 Å². The molecule has 7 heteroatoms. The lowest BCUT2D eigenvalue weighted by Gasteiger charge is -2.37. The van der Waals surface area contributed by atoms with Gasteiger partial charge >= 0.3 is 0 Å². The Balaban J connectivity index is 0.000000690. The van der Waals surface area contributed by atoms with Crippen LogP contribution in [0.5, 0.6) is 0 Å². The van der Waals surface area contributed by atoms with Gasteiger partial charge < -0.3 is 4.43 Å². The zero-order valence-corrected chi connectivity index (χ0v) is 22.2. The number of rotatable bonds is 4. The lowest BCUT2D eigenvalue weighted by atomic mass is 10.1. The van der Waals surface area contributed by atoms with Gasteiger partial charge in [-0.2, -0.15) is 0 Å². The molecule has 0 aliphatic heterocycles. The van der Waals surface area contributed by atoms with Crippen molar-refractivity contribution >= 4 is 88.0 Å². The summed E-state index contributed by atoms with van der Waals surface area (Å²) in [5, 5.41) is 1.36. The van der Waals surface area contributed by atoms with Crippen LogP contribution in [0.1, 0.15) is 33.6 Å². The van der Waals surface area contributed by atoms with Crippen LogP contribution >= 0.6 is 79.6 Å². The van der Waals surface area contributed by atoms with Gasteiger partial charge in [-0.1, -0.05) is 48.4 Å². The normalized spacial score (nSPS) is 19.9. The predicted octanol–water partition coefficient (Wildman–Crippen LogP) is 7.92. The molecular formula is C14H25Br5OSi. The van der Waals surface area contributed by atoms with E-state index >= 15 is 0 Å². The Hall–Kier alpha value is 2.32. The average molecular weight is 637 g/mol. The lowest BCUT2D eigenvalue weighted by Crippen LogP contribution is -2.41. The Bertz CT molecular complexity index is 338. The fourth-order valence-electron chi connectivity index (χ4n) is 1.65. The molecule has 0 fully saturated rings. The third-order valence-electron chi connectivity index (χ3n) is 3.95. The van der Waals surface area contributed by atoms with Crippen molar-refractivity contribution in [1.29, 1.82) is 0 Å². The molecule has 126 valence electrons. The smallest absolute Gasteiger partial charge is 0.191 e. The lowest BCUT2D eigenvalue weighted by molar-refractivity contribution is 0.233. The third-order valence-corrected chi connectivity index (χ3v) is 9.17. The minimum Gasteiger partial charge on any atom is -0.417 e. The van der Waals surface area contributed by atoms with Crippen LogP contribution < -0.4 is 0 Å². The number of alkyl halides is 5. The van der Waals surface area contributed by atoms with Crippen molar-refractivity contribution in [3.63, 3.8) is 0 Å². The van der Waals surface area contributed by atoms with E-state index in [1.54, 1.807) is 5.57 Å².